The summed E-state index contributed by atoms with van der Waals surface area (Å²) in [6.07, 6.45) is 1.53. The largest absolute Gasteiger partial charge is 0.492 e. The first kappa shape index (κ1) is 23.2. The van der Waals surface area contributed by atoms with Crippen LogP contribution in [0.1, 0.15) is 10.4 Å². The van der Waals surface area contributed by atoms with Gasteiger partial charge in [0.2, 0.25) is 0 Å². The number of aromatic nitrogens is 2. The fourth-order valence-corrected chi connectivity index (χ4v) is 3.85. The number of halogens is 3. The van der Waals surface area contributed by atoms with Crippen LogP contribution in [0.3, 0.4) is 0 Å². The minimum absolute atomic E-state index is 0.000136. The fraction of sp³-hybridized carbons (Fsp3) is 0.304. The highest BCUT2D eigenvalue weighted by Crippen LogP contribution is 2.36. The number of nitrogens with zero attached hydrogens (tertiary/aromatic N) is 3. The van der Waals surface area contributed by atoms with E-state index in [-0.39, 0.29) is 5.56 Å². The molecule has 1 aliphatic rings. The van der Waals surface area contributed by atoms with Crippen LogP contribution in [-0.2, 0) is 11.8 Å². The third kappa shape index (κ3) is 5.50. The smallest absolute Gasteiger partial charge is 0.255 e. The molecule has 7 nitrogen and oxygen atoms in total. The van der Waals surface area contributed by atoms with Crippen molar-refractivity contribution in [2.75, 3.05) is 44.8 Å². The second-order valence-corrected chi connectivity index (χ2v) is 7.97. The number of hydrogen-bond acceptors (Lipinski definition) is 5. The molecule has 1 aromatic heterocycles. The molecule has 0 bridgehead atoms. The minimum Gasteiger partial charge on any atom is -0.492 e. The number of benzene rings is 2. The molecule has 1 fully saturated rings. The van der Waals surface area contributed by atoms with Gasteiger partial charge in [0.05, 0.1) is 30.1 Å². The summed E-state index contributed by atoms with van der Waals surface area (Å²) in [6, 6.07) is 8.11. The monoisotopic (exact) mass is 476 g/mol. The first-order valence-corrected chi connectivity index (χ1v) is 10.8. The lowest BCUT2D eigenvalue weighted by atomic mass is 10.1. The van der Waals surface area contributed by atoms with E-state index in [2.05, 4.69) is 15.3 Å². The molecule has 1 aliphatic heterocycles. The maximum Gasteiger partial charge on any atom is 0.255 e. The molecule has 3 aromatic rings. The third-order valence-corrected chi connectivity index (χ3v) is 5.61. The van der Waals surface area contributed by atoms with Crippen molar-refractivity contribution < 1.29 is 23.0 Å². The van der Waals surface area contributed by atoms with E-state index in [0.717, 1.165) is 31.8 Å². The Kier molecular flexibility index (Phi) is 7.22. The molecule has 0 radical (unpaired) electrons. The molecule has 33 heavy (non-hydrogen) atoms. The molecule has 1 amide bonds. The van der Waals surface area contributed by atoms with Crippen LogP contribution in [0, 0.1) is 11.6 Å². The standard InChI is InChI=1S/C23H23ClF2N4O3/c1-29-22(18(24)14-27-29)17-13-16(28-23(31)15-2-4-19(25)20(26)12-15)3-5-21(17)33-11-8-30-6-9-32-10-7-30/h2-5,12-14H,6-11H2,1H3,(H,28,31). The molecule has 0 unspecified atom stereocenters. The number of nitrogens with one attached hydrogen (secondary N) is 1. The zero-order valence-electron chi connectivity index (χ0n) is 18.0. The van der Waals surface area contributed by atoms with Crippen LogP contribution in [0.25, 0.3) is 11.3 Å². The van der Waals surface area contributed by atoms with E-state index in [1.54, 1.807) is 29.9 Å². The van der Waals surface area contributed by atoms with E-state index in [4.69, 9.17) is 21.1 Å². The van der Waals surface area contributed by atoms with Gasteiger partial charge in [-0.1, -0.05) is 11.6 Å². The molecule has 0 spiro atoms. The van der Waals surface area contributed by atoms with E-state index < -0.39 is 17.5 Å². The average molecular weight is 477 g/mol. The Labute approximate surface area is 194 Å². The van der Waals surface area contributed by atoms with Gasteiger partial charge in [-0.15, -0.1) is 0 Å². The number of carbonyl (C=O) groups excluding carboxylic acids is 1. The highest BCUT2D eigenvalue weighted by Gasteiger charge is 2.18. The minimum atomic E-state index is -1.09. The first-order valence-electron chi connectivity index (χ1n) is 10.4. The van der Waals surface area contributed by atoms with Gasteiger partial charge in [-0.2, -0.15) is 5.10 Å². The number of carbonyl (C=O) groups is 1. The quantitative estimate of drug-likeness (QED) is 0.558. The number of rotatable bonds is 7. The summed E-state index contributed by atoms with van der Waals surface area (Å²) < 4.78 is 39.8. The molecular formula is C23H23ClF2N4O3. The van der Waals surface area contributed by atoms with E-state index in [1.807, 2.05) is 0 Å². The Morgan fingerprint density at radius 1 is 1.18 bits per heavy atom. The van der Waals surface area contributed by atoms with E-state index in [1.165, 1.54) is 12.3 Å². The van der Waals surface area contributed by atoms with Gasteiger partial charge < -0.3 is 14.8 Å². The second kappa shape index (κ2) is 10.3. The number of aryl methyl sites for hydroxylation is 1. The van der Waals surface area contributed by atoms with Crippen LogP contribution in [-0.4, -0.2) is 60.0 Å². The average Bonchev–Trinajstić information content (AvgIpc) is 3.15. The van der Waals surface area contributed by atoms with Crippen LogP contribution in [0.2, 0.25) is 5.02 Å². The van der Waals surface area contributed by atoms with E-state index in [0.29, 0.717) is 47.5 Å². The lowest BCUT2D eigenvalue weighted by molar-refractivity contribution is 0.0323. The molecule has 10 heteroatoms. The molecule has 1 N–H and O–H groups in total. The predicted octanol–water partition coefficient (Wildman–Crippen LogP) is 3.98. The van der Waals surface area contributed by atoms with Crippen molar-refractivity contribution in [3.8, 4) is 17.0 Å². The van der Waals surface area contributed by atoms with Crippen molar-refractivity contribution in [1.29, 1.82) is 0 Å². The van der Waals surface area contributed by atoms with Gasteiger partial charge in [0.1, 0.15) is 12.4 Å². The van der Waals surface area contributed by atoms with Gasteiger partial charge in [0, 0.05) is 43.5 Å². The molecule has 2 heterocycles. The molecular weight excluding hydrogens is 454 g/mol. The van der Waals surface area contributed by atoms with Gasteiger partial charge in [0.25, 0.3) is 5.91 Å². The number of ether oxygens (including phenoxy) is 2. The predicted molar refractivity (Wildman–Crippen MR) is 121 cm³/mol. The van der Waals surface area contributed by atoms with Crippen molar-refractivity contribution in [3.63, 3.8) is 0 Å². The number of amides is 1. The van der Waals surface area contributed by atoms with Crippen LogP contribution >= 0.6 is 11.6 Å². The summed E-state index contributed by atoms with van der Waals surface area (Å²) in [5.74, 6) is -2.09. The second-order valence-electron chi connectivity index (χ2n) is 7.56. The Morgan fingerprint density at radius 3 is 2.67 bits per heavy atom. The normalized spacial score (nSPS) is 14.3. The maximum atomic E-state index is 13.5. The van der Waals surface area contributed by atoms with Crippen molar-refractivity contribution in [2.24, 2.45) is 7.05 Å². The Morgan fingerprint density at radius 2 is 1.97 bits per heavy atom. The summed E-state index contributed by atoms with van der Waals surface area (Å²) >= 11 is 6.37. The van der Waals surface area contributed by atoms with Gasteiger partial charge >= 0.3 is 0 Å². The van der Waals surface area contributed by atoms with Gasteiger partial charge in [-0.3, -0.25) is 14.4 Å². The van der Waals surface area contributed by atoms with Crippen LogP contribution in [0.15, 0.2) is 42.6 Å². The van der Waals surface area contributed by atoms with Gasteiger partial charge in [-0.05, 0) is 36.4 Å². The van der Waals surface area contributed by atoms with Gasteiger partial charge in [-0.25, -0.2) is 8.78 Å². The van der Waals surface area contributed by atoms with Crippen LogP contribution in [0.4, 0.5) is 14.5 Å². The SMILES string of the molecule is Cn1ncc(Cl)c1-c1cc(NC(=O)c2ccc(F)c(F)c2)ccc1OCCN1CCOCC1. The number of hydrogen-bond donors (Lipinski definition) is 1. The molecule has 0 atom stereocenters. The van der Waals surface area contributed by atoms with Gasteiger partial charge in [0.15, 0.2) is 11.6 Å². The Bertz CT molecular complexity index is 1130. The summed E-state index contributed by atoms with van der Waals surface area (Å²) in [7, 11) is 1.76. The summed E-state index contributed by atoms with van der Waals surface area (Å²) in [4.78, 5) is 14.8. The first-order chi connectivity index (χ1) is 15.9. The third-order valence-electron chi connectivity index (χ3n) is 5.34. The highest BCUT2D eigenvalue weighted by atomic mass is 35.5. The number of morpholine rings is 1. The van der Waals surface area contributed by atoms with Crippen molar-refractivity contribution in [2.45, 2.75) is 0 Å². The maximum absolute atomic E-state index is 13.5. The lowest BCUT2D eigenvalue weighted by Gasteiger charge is -2.26. The van der Waals surface area contributed by atoms with E-state index >= 15 is 0 Å². The zero-order valence-corrected chi connectivity index (χ0v) is 18.7. The topological polar surface area (TPSA) is 68.6 Å². The summed E-state index contributed by atoms with van der Waals surface area (Å²) in [5.41, 5.74) is 1.71. The summed E-state index contributed by atoms with van der Waals surface area (Å²) in [5, 5.41) is 7.32. The summed E-state index contributed by atoms with van der Waals surface area (Å²) in [6.45, 7) is 4.35. The Balaban J connectivity index is 1.55. The zero-order chi connectivity index (χ0) is 23.4. The van der Waals surface area contributed by atoms with Crippen molar-refractivity contribution >= 4 is 23.2 Å². The fourth-order valence-electron chi connectivity index (χ4n) is 3.58. The lowest BCUT2D eigenvalue weighted by Crippen LogP contribution is -2.38. The van der Waals surface area contributed by atoms with Crippen LogP contribution in [0.5, 0.6) is 5.75 Å². The van der Waals surface area contributed by atoms with Crippen molar-refractivity contribution in [1.82, 2.24) is 14.7 Å². The highest BCUT2D eigenvalue weighted by molar-refractivity contribution is 6.33. The van der Waals surface area contributed by atoms with E-state index in [9.17, 15) is 13.6 Å². The molecule has 0 aliphatic carbocycles. The molecule has 2 aromatic carbocycles. The number of anilines is 1. The molecule has 4 rings (SSSR count). The molecule has 174 valence electrons. The van der Waals surface area contributed by atoms with Crippen LogP contribution < -0.4 is 10.1 Å². The molecule has 1 saturated heterocycles. The Hall–Kier alpha value is -3.01. The van der Waals surface area contributed by atoms with Crippen molar-refractivity contribution in [3.05, 3.63) is 64.8 Å². The molecule has 0 saturated carbocycles.